The van der Waals surface area contributed by atoms with Crippen molar-refractivity contribution in [2.45, 2.75) is 19.1 Å². The number of nitrogens with one attached hydrogen (secondary N) is 2. The van der Waals surface area contributed by atoms with Gasteiger partial charge >= 0.3 is 6.18 Å². The van der Waals surface area contributed by atoms with Gasteiger partial charge in [0.15, 0.2) is 0 Å². The molecule has 0 spiro atoms. The molecule has 0 radical (unpaired) electrons. The van der Waals surface area contributed by atoms with Crippen molar-refractivity contribution in [3.05, 3.63) is 65.7 Å². The van der Waals surface area contributed by atoms with Gasteiger partial charge in [0.05, 0.1) is 17.8 Å². The Morgan fingerprint density at radius 3 is 2.30 bits per heavy atom. The number of carbonyl (C=O) groups is 1. The van der Waals surface area contributed by atoms with Gasteiger partial charge in [0.25, 0.3) is 0 Å². The molecule has 6 heteroatoms. The van der Waals surface area contributed by atoms with E-state index in [0.717, 1.165) is 11.6 Å². The van der Waals surface area contributed by atoms with Gasteiger partial charge in [-0.15, -0.1) is 0 Å². The summed E-state index contributed by atoms with van der Waals surface area (Å²) in [6, 6.07) is 14.3. The topological polar surface area (TPSA) is 41.1 Å². The molecule has 3 nitrogen and oxygen atoms in total. The van der Waals surface area contributed by atoms with E-state index in [2.05, 4.69) is 10.6 Å². The van der Waals surface area contributed by atoms with Crippen LogP contribution in [0.15, 0.2) is 54.6 Å². The molecule has 0 fully saturated rings. The summed E-state index contributed by atoms with van der Waals surface area (Å²) in [5.41, 5.74) is -0.0976. The van der Waals surface area contributed by atoms with Crippen LogP contribution in [-0.4, -0.2) is 12.5 Å². The molecule has 0 aliphatic heterocycles. The van der Waals surface area contributed by atoms with E-state index in [1.807, 2.05) is 37.3 Å². The molecule has 23 heavy (non-hydrogen) atoms. The van der Waals surface area contributed by atoms with E-state index in [-0.39, 0.29) is 18.3 Å². The lowest BCUT2D eigenvalue weighted by Gasteiger charge is -2.16. The van der Waals surface area contributed by atoms with Crippen molar-refractivity contribution in [1.29, 1.82) is 0 Å². The minimum Gasteiger partial charge on any atom is -0.324 e. The number of hydrogen-bond acceptors (Lipinski definition) is 2. The molecule has 122 valence electrons. The van der Waals surface area contributed by atoms with Gasteiger partial charge < -0.3 is 10.6 Å². The van der Waals surface area contributed by atoms with Crippen LogP contribution in [0.1, 0.15) is 24.1 Å². The molecule has 1 unspecified atom stereocenters. The molecule has 0 saturated carbocycles. The highest BCUT2D eigenvalue weighted by atomic mass is 19.4. The number of alkyl halides is 3. The highest BCUT2D eigenvalue weighted by Gasteiger charge is 2.33. The normalized spacial score (nSPS) is 12.7. The average molecular weight is 322 g/mol. The molecule has 0 aliphatic carbocycles. The van der Waals surface area contributed by atoms with Crippen LogP contribution in [0.4, 0.5) is 18.9 Å². The third-order valence-electron chi connectivity index (χ3n) is 3.37. The van der Waals surface area contributed by atoms with E-state index in [1.165, 1.54) is 18.2 Å². The predicted octanol–water partition coefficient (Wildman–Crippen LogP) is 3.99. The van der Waals surface area contributed by atoms with E-state index in [0.29, 0.717) is 0 Å². The van der Waals surface area contributed by atoms with E-state index < -0.39 is 17.6 Å². The summed E-state index contributed by atoms with van der Waals surface area (Å²) in [5.74, 6) is -0.524. The Hall–Kier alpha value is -2.34. The minimum atomic E-state index is -4.51. The van der Waals surface area contributed by atoms with Gasteiger partial charge in [0.1, 0.15) is 0 Å². The van der Waals surface area contributed by atoms with Crippen LogP contribution in [0.5, 0.6) is 0 Å². The zero-order valence-corrected chi connectivity index (χ0v) is 12.5. The molecule has 0 heterocycles. The third kappa shape index (κ3) is 4.82. The SMILES string of the molecule is CC(NCC(=O)Nc1ccccc1C(F)(F)F)c1ccccc1. The third-order valence-corrected chi connectivity index (χ3v) is 3.37. The van der Waals surface area contributed by atoms with Gasteiger partial charge in [-0.1, -0.05) is 42.5 Å². The average Bonchev–Trinajstić information content (AvgIpc) is 2.53. The summed E-state index contributed by atoms with van der Waals surface area (Å²) in [7, 11) is 0. The molecule has 1 atom stereocenters. The first kappa shape index (κ1) is 17.0. The van der Waals surface area contributed by atoms with Crippen LogP contribution < -0.4 is 10.6 Å². The maximum absolute atomic E-state index is 12.9. The fourth-order valence-electron chi connectivity index (χ4n) is 2.14. The maximum Gasteiger partial charge on any atom is 0.418 e. The lowest BCUT2D eigenvalue weighted by atomic mass is 10.1. The summed E-state index contributed by atoms with van der Waals surface area (Å²) in [6.45, 7) is 1.80. The lowest BCUT2D eigenvalue weighted by Crippen LogP contribution is -2.30. The van der Waals surface area contributed by atoms with Gasteiger partial charge in [0, 0.05) is 6.04 Å². The second-order valence-corrected chi connectivity index (χ2v) is 5.10. The maximum atomic E-state index is 12.9. The first-order valence-electron chi connectivity index (χ1n) is 7.12. The number of anilines is 1. The smallest absolute Gasteiger partial charge is 0.324 e. The molecule has 0 bridgehead atoms. The van der Waals surface area contributed by atoms with Crippen molar-refractivity contribution in [1.82, 2.24) is 5.32 Å². The Bertz CT molecular complexity index is 656. The number of benzene rings is 2. The summed E-state index contributed by atoms with van der Waals surface area (Å²) in [4.78, 5) is 11.9. The van der Waals surface area contributed by atoms with Crippen LogP contribution in [0.2, 0.25) is 0 Å². The van der Waals surface area contributed by atoms with E-state index in [9.17, 15) is 18.0 Å². The number of rotatable bonds is 5. The number of amides is 1. The van der Waals surface area contributed by atoms with Gasteiger partial charge in [-0.25, -0.2) is 0 Å². The molecule has 2 aromatic carbocycles. The van der Waals surface area contributed by atoms with E-state index in [1.54, 1.807) is 0 Å². The van der Waals surface area contributed by atoms with Crippen molar-refractivity contribution in [3.63, 3.8) is 0 Å². The lowest BCUT2D eigenvalue weighted by molar-refractivity contribution is -0.137. The first-order chi connectivity index (χ1) is 10.9. The van der Waals surface area contributed by atoms with Crippen molar-refractivity contribution in [3.8, 4) is 0 Å². The minimum absolute atomic E-state index is 0.0811. The van der Waals surface area contributed by atoms with Gasteiger partial charge in [-0.05, 0) is 24.6 Å². The highest BCUT2D eigenvalue weighted by Crippen LogP contribution is 2.34. The Morgan fingerprint density at radius 1 is 1.04 bits per heavy atom. The summed E-state index contributed by atoms with van der Waals surface area (Å²) in [5, 5.41) is 5.29. The molecule has 0 saturated heterocycles. The number of hydrogen-bond donors (Lipinski definition) is 2. The standard InChI is InChI=1S/C17H17F3N2O/c1-12(13-7-3-2-4-8-13)21-11-16(23)22-15-10-6-5-9-14(15)17(18,19)20/h2-10,12,21H,11H2,1H3,(H,22,23). The number of halogens is 3. The van der Waals surface area contributed by atoms with Crippen molar-refractivity contribution in [2.24, 2.45) is 0 Å². The summed E-state index contributed by atoms with van der Waals surface area (Å²) >= 11 is 0. The van der Waals surface area contributed by atoms with Crippen LogP contribution in [0, 0.1) is 0 Å². The molecule has 2 rings (SSSR count). The van der Waals surface area contributed by atoms with Crippen molar-refractivity contribution >= 4 is 11.6 Å². The molecule has 1 amide bonds. The van der Waals surface area contributed by atoms with Crippen LogP contribution >= 0.6 is 0 Å². The molecular formula is C17H17F3N2O. The Morgan fingerprint density at radius 2 is 1.65 bits per heavy atom. The Labute approximate surface area is 132 Å². The van der Waals surface area contributed by atoms with Gasteiger partial charge in [-0.2, -0.15) is 13.2 Å². The number of para-hydroxylation sites is 1. The molecule has 2 N–H and O–H groups in total. The predicted molar refractivity (Wildman–Crippen MR) is 82.9 cm³/mol. The Kier molecular flexibility index (Phi) is 5.39. The molecule has 0 aliphatic rings. The second-order valence-electron chi connectivity index (χ2n) is 5.10. The molecule has 2 aromatic rings. The molecule has 0 aromatic heterocycles. The van der Waals surface area contributed by atoms with E-state index in [4.69, 9.17) is 0 Å². The largest absolute Gasteiger partial charge is 0.418 e. The van der Waals surface area contributed by atoms with Gasteiger partial charge in [0.2, 0.25) is 5.91 Å². The van der Waals surface area contributed by atoms with E-state index >= 15 is 0 Å². The summed E-state index contributed by atoms with van der Waals surface area (Å²) < 4.78 is 38.6. The van der Waals surface area contributed by atoms with Crippen LogP contribution in [0.25, 0.3) is 0 Å². The fourth-order valence-corrected chi connectivity index (χ4v) is 2.14. The zero-order chi connectivity index (χ0) is 16.9. The second kappa shape index (κ2) is 7.28. The van der Waals surface area contributed by atoms with Gasteiger partial charge in [-0.3, -0.25) is 4.79 Å². The quantitative estimate of drug-likeness (QED) is 0.874. The fraction of sp³-hybridized carbons (Fsp3) is 0.235. The van der Waals surface area contributed by atoms with Crippen molar-refractivity contribution in [2.75, 3.05) is 11.9 Å². The van der Waals surface area contributed by atoms with Crippen LogP contribution in [0.3, 0.4) is 0 Å². The highest BCUT2D eigenvalue weighted by molar-refractivity contribution is 5.93. The first-order valence-corrected chi connectivity index (χ1v) is 7.12. The summed E-state index contributed by atoms with van der Waals surface area (Å²) in [6.07, 6.45) is -4.51. The van der Waals surface area contributed by atoms with Crippen molar-refractivity contribution < 1.29 is 18.0 Å². The zero-order valence-electron chi connectivity index (χ0n) is 12.5. The number of carbonyl (C=O) groups excluding carboxylic acids is 1. The Balaban J connectivity index is 1.96. The van der Waals surface area contributed by atoms with Crippen LogP contribution in [-0.2, 0) is 11.0 Å². The molecular weight excluding hydrogens is 305 g/mol. The monoisotopic (exact) mass is 322 g/mol.